The molecule has 1 heterocycles. The summed E-state index contributed by atoms with van der Waals surface area (Å²) in [6.07, 6.45) is 2.54. The van der Waals surface area contributed by atoms with E-state index >= 15 is 0 Å². The number of amides is 1. The van der Waals surface area contributed by atoms with E-state index in [1.807, 2.05) is 6.07 Å². The third-order valence-electron chi connectivity index (χ3n) is 3.67. The molecule has 0 radical (unpaired) electrons. The second-order valence-electron chi connectivity index (χ2n) is 5.76. The van der Waals surface area contributed by atoms with Crippen LogP contribution in [0.5, 0.6) is 0 Å². The van der Waals surface area contributed by atoms with Gasteiger partial charge in [0.1, 0.15) is 0 Å². The minimum atomic E-state index is -0.409. The normalized spacial score (nSPS) is 16.2. The van der Waals surface area contributed by atoms with Gasteiger partial charge in [0, 0.05) is 12.1 Å². The fraction of sp³-hybridized carbons (Fsp3) is 0.562. The van der Waals surface area contributed by atoms with Gasteiger partial charge in [-0.15, -0.1) is 0 Å². The molecule has 0 spiro atoms. The van der Waals surface area contributed by atoms with Gasteiger partial charge >= 0.3 is 0 Å². The van der Waals surface area contributed by atoms with Crippen LogP contribution < -0.4 is 5.32 Å². The van der Waals surface area contributed by atoms with Crippen LogP contribution in [-0.4, -0.2) is 11.0 Å². The van der Waals surface area contributed by atoms with E-state index in [1.165, 1.54) is 0 Å². The Morgan fingerprint density at radius 2 is 2.05 bits per heavy atom. The van der Waals surface area contributed by atoms with E-state index in [9.17, 15) is 9.90 Å². The van der Waals surface area contributed by atoms with E-state index in [0.29, 0.717) is 12.3 Å². The van der Waals surface area contributed by atoms with Crippen molar-refractivity contribution >= 4 is 11.6 Å². The van der Waals surface area contributed by atoms with Crippen LogP contribution >= 0.6 is 0 Å². The van der Waals surface area contributed by atoms with Crippen LogP contribution in [0, 0.1) is 5.92 Å². The minimum absolute atomic E-state index is 0.0951. The van der Waals surface area contributed by atoms with Gasteiger partial charge in [0.15, 0.2) is 0 Å². The summed E-state index contributed by atoms with van der Waals surface area (Å²) in [5.41, 5.74) is 4.25. The van der Waals surface area contributed by atoms with Crippen molar-refractivity contribution in [2.45, 2.75) is 52.6 Å². The number of benzene rings is 1. The Balaban J connectivity index is 2.35. The maximum absolute atomic E-state index is 11.5. The molecule has 104 valence electrons. The molecule has 1 aliphatic rings. The highest BCUT2D eigenvalue weighted by atomic mass is 16.3. The maximum atomic E-state index is 11.5. The first-order chi connectivity index (χ1) is 9.01. The van der Waals surface area contributed by atoms with Gasteiger partial charge in [0.2, 0.25) is 5.91 Å². The van der Waals surface area contributed by atoms with Crippen molar-refractivity contribution in [3.8, 4) is 0 Å². The number of carbonyl (C=O) groups is 1. The molecule has 3 heteroatoms. The molecule has 2 rings (SSSR count). The molecule has 1 aromatic carbocycles. The number of aryl methyl sites for hydroxylation is 2. The van der Waals surface area contributed by atoms with Crippen LogP contribution in [0.25, 0.3) is 0 Å². The molecule has 0 bridgehead atoms. The SMILES string of the molecule is CCc1cc(C(O)CC(C)C)cc2c1NC(=O)CC2. The van der Waals surface area contributed by atoms with Gasteiger partial charge in [-0.25, -0.2) is 0 Å². The Morgan fingerprint density at radius 1 is 1.32 bits per heavy atom. The maximum Gasteiger partial charge on any atom is 0.224 e. The number of fused-ring (bicyclic) bond motifs is 1. The fourth-order valence-electron chi connectivity index (χ4n) is 2.66. The molecule has 0 aromatic heterocycles. The van der Waals surface area contributed by atoms with Gasteiger partial charge in [-0.05, 0) is 41.9 Å². The highest BCUT2D eigenvalue weighted by Crippen LogP contribution is 2.32. The van der Waals surface area contributed by atoms with Crippen LogP contribution in [0.1, 0.15) is 56.4 Å². The molecule has 1 aromatic rings. The van der Waals surface area contributed by atoms with Gasteiger partial charge in [-0.2, -0.15) is 0 Å². The topological polar surface area (TPSA) is 49.3 Å². The summed E-state index contributed by atoms with van der Waals surface area (Å²) in [6, 6.07) is 4.10. The summed E-state index contributed by atoms with van der Waals surface area (Å²) in [5, 5.41) is 13.2. The summed E-state index contributed by atoms with van der Waals surface area (Å²) < 4.78 is 0. The first-order valence-electron chi connectivity index (χ1n) is 7.14. The molecule has 1 amide bonds. The van der Waals surface area contributed by atoms with Crippen LogP contribution in [-0.2, 0) is 17.6 Å². The number of nitrogens with one attached hydrogen (secondary N) is 1. The first kappa shape index (κ1) is 14.1. The van der Waals surface area contributed by atoms with Crippen LogP contribution in [0.2, 0.25) is 0 Å². The molecule has 0 aliphatic carbocycles. The predicted octanol–water partition coefficient (Wildman–Crippen LogP) is 3.21. The lowest BCUT2D eigenvalue weighted by Crippen LogP contribution is -2.21. The Labute approximate surface area is 115 Å². The zero-order valence-electron chi connectivity index (χ0n) is 12.0. The molecule has 3 nitrogen and oxygen atoms in total. The van der Waals surface area contributed by atoms with E-state index in [1.54, 1.807) is 0 Å². The number of rotatable bonds is 4. The van der Waals surface area contributed by atoms with Crippen molar-refractivity contribution in [2.75, 3.05) is 5.32 Å². The number of hydrogen-bond acceptors (Lipinski definition) is 2. The summed E-state index contributed by atoms with van der Waals surface area (Å²) >= 11 is 0. The van der Waals surface area contributed by atoms with Gasteiger partial charge in [0.25, 0.3) is 0 Å². The van der Waals surface area contributed by atoms with Crippen molar-refractivity contribution in [1.82, 2.24) is 0 Å². The molecular weight excluding hydrogens is 238 g/mol. The lowest BCUT2D eigenvalue weighted by molar-refractivity contribution is -0.116. The second kappa shape index (κ2) is 5.74. The van der Waals surface area contributed by atoms with Gasteiger partial charge in [-0.1, -0.05) is 32.9 Å². The Morgan fingerprint density at radius 3 is 2.68 bits per heavy atom. The lowest BCUT2D eigenvalue weighted by Gasteiger charge is -2.23. The molecule has 19 heavy (non-hydrogen) atoms. The molecule has 2 N–H and O–H groups in total. The van der Waals surface area contributed by atoms with Crippen LogP contribution in [0.4, 0.5) is 5.69 Å². The van der Waals surface area contributed by atoms with Gasteiger partial charge < -0.3 is 10.4 Å². The monoisotopic (exact) mass is 261 g/mol. The summed E-state index contributed by atoms with van der Waals surface area (Å²) in [6.45, 7) is 6.31. The number of aliphatic hydroxyl groups is 1. The predicted molar refractivity (Wildman–Crippen MR) is 77.2 cm³/mol. The summed E-state index contributed by atoms with van der Waals surface area (Å²) in [7, 11) is 0. The number of aliphatic hydroxyl groups excluding tert-OH is 1. The molecule has 0 saturated heterocycles. The fourth-order valence-corrected chi connectivity index (χ4v) is 2.66. The summed E-state index contributed by atoms with van der Waals surface area (Å²) in [4.78, 5) is 11.5. The average Bonchev–Trinajstić information content (AvgIpc) is 2.36. The summed E-state index contributed by atoms with van der Waals surface area (Å²) in [5.74, 6) is 0.563. The van der Waals surface area contributed by atoms with Crippen molar-refractivity contribution in [3.05, 3.63) is 28.8 Å². The van der Waals surface area contributed by atoms with Crippen LogP contribution in [0.15, 0.2) is 12.1 Å². The Hall–Kier alpha value is -1.35. The highest BCUT2D eigenvalue weighted by Gasteiger charge is 2.20. The molecule has 1 aliphatic heterocycles. The minimum Gasteiger partial charge on any atom is -0.388 e. The van der Waals surface area contributed by atoms with Crippen molar-refractivity contribution in [1.29, 1.82) is 0 Å². The third-order valence-corrected chi connectivity index (χ3v) is 3.67. The molecule has 0 fully saturated rings. The van der Waals surface area contributed by atoms with Crippen molar-refractivity contribution < 1.29 is 9.90 Å². The Bertz CT molecular complexity index is 463. The highest BCUT2D eigenvalue weighted by molar-refractivity contribution is 5.94. The molecule has 0 saturated carbocycles. The Kier molecular flexibility index (Phi) is 4.25. The first-order valence-corrected chi connectivity index (χ1v) is 7.14. The van der Waals surface area contributed by atoms with Gasteiger partial charge in [0.05, 0.1) is 6.10 Å². The smallest absolute Gasteiger partial charge is 0.224 e. The second-order valence-corrected chi connectivity index (χ2v) is 5.76. The van der Waals surface area contributed by atoms with Gasteiger partial charge in [-0.3, -0.25) is 4.79 Å². The third kappa shape index (κ3) is 3.16. The zero-order chi connectivity index (χ0) is 14.0. The average molecular weight is 261 g/mol. The molecule has 1 atom stereocenters. The van der Waals surface area contributed by atoms with Crippen molar-refractivity contribution in [2.24, 2.45) is 5.92 Å². The number of hydrogen-bond donors (Lipinski definition) is 2. The largest absolute Gasteiger partial charge is 0.388 e. The van der Waals surface area contributed by atoms with E-state index in [4.69, 9.17) is 0 Å². The van der Waals surface area contributed by atoms with E-state index in [0.717, 1.165) is 41.6 Å². The van der Waals surface area contributed by atoms with Crippen molar-refractivity contribution in [3.63, 3.8) is 0 Å². The lowest BCUT2D eigenvalue weighted by atomic mass is 9.91. The zero-order valence-corrected chi connectivity index (χ0v) is 12.0. The van der Waals surface area contributed by atoms with Crippen LogP contribution in [0.3, 0.4) is 0 Å². The molecular formula is C16H23NO2. The standard InChI is InChI=1S/C16H23NO2/c1-4-11-8-13(14(18)7-10(2)3)9-12-5-6-15(19)17-16(11)12/h8-10,14,18H,4-7H2,1-3H3,(H,17,19). The molecule has 1 unspecified atom stereocenters. The number of carbonyl (C=O) groups excluding carboxylic acids is 1. The number of anilines is 1. The van der Waals surface area contributed by atoms with E-state index < -0.39 is 6.10 Å². The van der Waals surface area contributed by atoms with E-state index in [2.05, 4.69) is 32.2 Å². The van der Waals surface area contributed by atoms with E-state index in [-0.39, 0.29) is 5.91 Å². The quantitative estimate of drug-likeness (QED) is 0.874.